The van der Waals surface area contributed by atoms with E-state index in [1.807, 2.05) is 37.3 Å². The molecule has 2 N–H and O–H groups in total. The molecule has 5 nitrogen and oxygen atoms in total. The molecular formula is C15H13N3O2. The zero-order valence-electron chi connectivity index (χ0n) is 10.9. The fourth-order valence-corrected chi connectivity index (χ4v) is 2.21. The first-order valence-electron chi connectivity index (χ1n) is 6.37. The van der Waals surface area contributed by atoms with Crippen molar-refractivity contribution in [3.05, 3.63) is 47.9 Å². The van der Waals surface area contributed by atoms with E-state index in [4.69, 9.17) is 0 Å². The van der Waals surface area contributed by atoms with Gasteiger partial charge in [-0.05, 0) is 0 Å². The van der Waals surface area contributed by atoms with E-state index in [9.17, 15) is 9.90 Å². The Morgan fingerprint density at radius 3 is 2.65 bits per heavy atom. The number of carboxylic acid groups (broad SMARTS) is 1. The third kappa shape index (κ3) is 1.93. The van der Waals surface area contributed by atoms with Crippen LogP contribution in [-0.4, -0.2) is 26.0 Å². The minimum Gasteiger partial charge on any atom is -0.478 e. The lowest BCUT2D eigenvalue weighted by atomic mass is 10.1. The molecule has 0 saturated heterocycles. The molecule has 0 amide bonds. The van der Waals surface area contributed by atoms with E-state index in [0.717, 1.165) is 5.56 Å². The van der Waals surface area contributed by atoms with Gasteiger partial charge in [-0.25, -0.2) is 14.8 Å². The number of carbonyl (C=O) groups is 1. The number of fused-ring (bicyclic) bond motifs is 1. The third-order valence-corrected chi connectivity index (χ3v) is 3.17. The smallest absolute Gasteiger partial charge is 0.338 e. The first kappa shape index (κ1) is 12.3. The van der Waals surface area contributed by atoms with Crippen molar-refractivity contribution in [1.82, 2.24) is 15.0 Å². The van der Waals surface area contributed by atoms with E-state index in [0.29, 0.717) is 29.0 Å². The molecule has 1 aromatic carbocycles. The number of aromatic amines is 1. The number of hydrogen-bond acceptors (Lipinski definition) is 3. The Labute approximate surface area is 115 Å². The van der Waals surface area contributed by atoms with Crippen molar-refractivity contribution in [3.63, 3.8) is 0 Å². The van der Waals surface area contributed by atoms with Crippen LogP contribution in [0.5, 0.6) is 0 Å². The van der Waals surface area contributed by atoms with E-state index in [1.165, 1.54) is 6.20 Å². The number of aromatic carboxylic acids is 1. The summed E-state index contributed by atoms with van der Waals surface area (Å²) in [6.45, 7) is 1.97. The van der Waals surface area contributed by atoms with Crippen LogP contribution < -0.4 is 0 Å². The van der Waals surface area contributed by atoms with Gasteiger partial charge in [0.2, 0.25) is 0 Å². The summed E-state index contributed by atoms with van der Waals surface area (Å²) in [7, 11) is 0. The Morgan fingerprint density at radius 2 is 2.00 bits per heavy atom. The maximum atomic E-state index is 11.3. The molecule has 2 aromatic heterocycles. The van der Waals surface area contributed by atoms with Gasteiger partial charge >= 0.3 is 5.97 Å². The highest BCUT2D eigenvalue weighted by atomic mass is 16.4. The summed E-state index contributed by atoms with van der Waals surface area (Å²) in [5.74, 6) is -0.295. The van der Waals surface area contributed by atoms with E-state index >= 15 is 0 Å². The summed E-state index contributed by atoms with van der Waals surface area (Å²) in [4.78, 5) is 23.1. The Hall–Kier alpha value is -2.69. The molecule has 0 saturated carbocycles. The lowest BCUT2D eigenvalue weighted by molar-refractivity contribution is 0.0699. The average molecular weight is 267 g/mol. The van der Waals surface area contributed by atoms with E-state index in [-0.39, 0.29) is 5.56 Å². The molecule has 0 fully saturated rings. The molecule has 100 valence electrons. The molecular weight excluding hydrogens is 254 g/mol. The highest BCUT2D eigenvalue weighted by Crippen LogP contribution is 2.28. The van der Waals surface area contributed by atoms with Gasteiger partial charge in [0.05, 0.1) is 16.6 Å². The van der Waals surface area contributed by atoms with Gasteiger partial charge in [-0.3, -0.25) is 0 Å². The topological polar surface area (TPSA) is 78.9 Å². The molecule has 3 aromatic rings. The maximum absolute atomic E-state index is 11.3. The van der Waals surface area contributed by atoms with E-state index in [2.05, 4.69) is 15.0 Å². The lowest BCUT2D eigenvalue weighted by Crippen LogP contribution is -2.00. The van der Waals surface area contributed by atoms with Crippen LogP contribution in [0.2, 0.25) is 0 Å². The van der Waals surface area contributed by atoms with Gasteiger partial charge in [0.1, 0.15) is 11.5 Å². The van der Waals surface area contributed by atoms with Crippen LogP contribution in [0.4, 0.5) is 0 Å². The highest BCUT2D eigenvalue weighted by molar-refractivity contribution is 6.07. The summed E-state index contributed by atoms with van der Waals surface area (Å²) in [6.07, 6.45) is 2.16. The van der Waals surface area contributed by atoms with Crippen LogP contribution in [0.25, 0.3) is 22.3 Å². The molecule has 0 spiro atoms. The molecule has 0 aliphatic rings. The Balaban J connectivity index is 2.38. The summed E-state index contributed by atoms with van der Waals surface area (Å²) in [6, 6.07) is 9.56. The van der Waals surface area contributed by atoms with Crippen LogP contribution in [0, 0.1) is 0 Å². The van der Waals surface area contributed by atoms with Gasteiger partial charge in [-0.1, -0.05) is 37.3 Å². The molecule has 20 heavy (non-hydrogen) atoms. The highest BCUT2D eigenvalue weighted by Gasteiger charge is 2.18. The van der Waals surface area contributed by atoms with Gasteiger partial charge in [-0.2, -0.15) is 0 Å². The first-order valence-corrected chi connectivity index (χ1v) is 6.37. The number of carboxylic acids is 1. The molecule has 3 rings (SSSR count). The van der Waals surface area contributed by atoms with Crippen LogP contribution >= 0.6 is 0 Å². The minimum absolute atomic E-state index is 0.196. The van der Waals surface area contributed by atoms with E-state index in [1.54, 1.807) is 0 Å². The summed E-state index contributed by atoms with van der Waals surface area (Å²) in [5, 5.41) is 9.85. The van der Waals surface area contributed by atoms with Crippen molar-refractivity contribution in [2.75, 3.05) is 0 Å². The average Bonchev–Trinajstić information content (AvgIpc) is 2.91. The molecule has 0 bridgehead atoms. The van der Waals surface area contributed by atoms with Gasteiger partial charge in [0, 0.05) is 18.2 Å². The first-order chi connectivity index (χ1) is 9.70. The Kier molecular flexibility index (Phi) is 2.95. The van der Waals surface area contributed by atoms with Crippen LogP contribution in [0.15, 0.2) is 36.5 Å². The van der Waals surface area contributed by atoms with Crippen molar-refractivity contribution in [3.8, 4) is 11.3 Å². The number of aryl methyl sites for hydroxylation is 1. The van der Waals surface area contributed by atoms with Crippen molar-refractivity contribution in [1.29, 1.82) is 0 Å². The molecule has 0 atom stereocenters. The molecule has 5 heteroatoms. The normalized spacial score (nSPS) is 10.8. The van der Waals surface area contributed by atoms with Gasteiger partial charge in [0.25, 0.3) is 0 Å². The monoisotopic (exact) mass is 267 g/mol. The number of benzene rings is 1. The second kappa shape index (κ2) is 4.77. The number of rotatable bonds is 3. The van der Waals surface area contributed by atoms with Crippen molar-refractivity contribution in [2.24, 2.45) is 0 Å². The fourth-order valence-electron chi connectivity index (χ4n) is 2.21. The maximum Gasteiger partial charge on any atom is 0.338 e. The van der Waals surface area contributed by atoms with Gasteiger partial charge < -0.3 is 10.1 Å². The van der Waals surface area contributed by atoms with Crippen molar-refractivity contribution in [2.45, 2.75) is 13.3 Å². The minimum atomic E-state index is -0.985. The van der Waals surface area contributed by atoms with Gasteiger partial charge in [-0.15, -0.1) is 0 Å². The predicted octanol–water partition coefficient (Wildman–Crippen LogP) is 2.89. The predicted molar refractivity (Wildman–Crippen MR) is 75.7 cm³/mol. The van der Waals surface area contributed by atoms with Crippen molar-refractivity contribution >= 4 is 17.0 Å². The molecule has 0 unspecified atom stereocenters. The second-order valence-corrected chi connectivity index (χ2v) is 4.44. The second-order valence-electron chi connectivity index (χ2n) is 4.44. The quantitative estimate of drug-likeness (QED) is 0.764. The van der Waals surface area contributed by atoms with Crippen LogP contribution in [0.3, 0.4) is 0 Å². The number of nitrogens with one attached hydrogen (secondary N) is 1. The molecule has 0 radical (unpaired) electrons. The third-order valence-electron chi connectivity index (χ3n) is 3.17. The van der Waals surface area contributed by atoms with Gasteiger partial charge in [0.15, 0.2) is 0 Å². The Bertz CT molecular complexity index is 778. The summed E-state index contributed by atoms with van der Waals surface area (Å²) in [5.41, 5.74) is 2.30. The number of nitrogens with zero attached hydrogens (tertiary/aromatic N) is 2. The summed E-state index contributed by atoms with van der Waals surface area (Å²) < 4.78 is 0. The zero-order chi connectivity index (χ0) is 14.1. The van der Waals surface area contributed by atoms with Crippen LogP contribution in [-0.2, 0) is 6.42 Å². The number of hydrogen-bond donors (Lipinski definition) is 2. The Morgan fingerprint density at radius 1 is 1.25 bits per heavy atom. The SMILES string of the molecule is CCc1nc(-c2ccccc2)c2c(C(=O)O)c[nH]c2n1. The van der Waals surface area contributed by atoms with Crippen LogP contribution in [0.1, 0.15) is 23.1 Å². The number of aromatic nitrogens is 3. The van der Waals surface area contributed by atoms with E-state index < -0.39 is 5.97 Å². The molecule has 0 aliphatic heterocycles. The lowest BCUT2D eigenvalue weighted by Gasteiger charge is -2.06. The molecule has 0 aliphatic carbocycles. The standard InChI is InChI=1S/C15H13N3O2/c1-2-11-17-13(9-6-4-3-5-7-9)12-10(15(19)20)8-16-14(12)18-11/h3-8H,2H2,1H3,(H,19,20)(H,16,17,18). The summed E-state index contributed by atoms with van der Waals surface area (Å²) >= 11 is 0. The largest absolute Gasteiger partial charge is 0.478 e. The number of H-pyrrole nitrogens is 1. The fraction of sp³-hybridized carbons (Fsp3) is 0.133. The van der Waals surface area contributed by atoms with Crippen molar-refractivity contribution < 1.29 is 9.90 Å². The zero-order valence-corrected chi connectivity index (χ0v) is 10.9. The molecule has 2 heterocycles.